The molecule has 0 spiro atoms. The Morgan fingerprint density at radius 2 is 1.72 bits per heavy atom. The van der Waals surface area contributed by atoms with Crippen molar-refractivity contribution in [3.8, 4) is 0 Å². The smallest absolute Gasteiger partial charge is 0.228 e. The van der Waals surface area contributed by atoms with E-state index in [9.17, 15) is 14.0 Å². The van der Waals surface area contributed by atoms with Gasteiger partial charge < -0.3 is 10.6 Å². The van der Waals surface area contributed by atoms with Gasteiger partial charge in [0, 0.05) is 16.4 Å². The first-order chi connectivity index (χ1) is 11.8. The average Bonchev–Trinajstić information content (AvgIpc) is 3.34. The monoisotopic (exact) mass is 380 g/mol. The summed E-state index contributed by atoms with van der Waals surface area (Å²) >= 11 is 11.6. The van der Waals surface area contributed by atoms with Crippen molar-refractivity contribution in [2.75, 3.05) is 10.6 Å². The maximum Gasteiger partial charge on any atom is 0.228 e. The maximum absolute atomic E-state index is 13.1. The summed E-state index contributed by atoms with van der Waals surface area (Å²) in [4.78, 5) is 24.5. The summed E-state index contributed by atoms with van der Waals surface area (Å²) in [5.41, 5.74) is 1.92. The fourth-order valence-electron chi connectivity index (χ4n) is 2.58. The topological polar surface area (TPSA) is 58.2 Å². The van der Waals surface area contributed by atoms with E-state index in [1.54, 1.807) is 18.2 Å². The van der Waals surface area contributed by atoms with Crippen molar-refractivity contribution in [1.82, 2.24) is 0 Å². The standard InChI is InChI=1S/C18H15Cl2FN2O2/c1-9-6-10(19)2-5-16(9)23-18(25)13-8-12(13)17(24)22-11-3-4-15(21)14(20)7-11/h2-7,12-13H,8H2,1H3,(H,22,24)(H,23,25). The summed E-state index contributed by atoms with van der Waals surface area (Å²) in [5, 5.41) is 5.99. The Bertz CT molecular complexity index is 857. The van der Waals surface area contributed by atoms with Crippen LogP contribution >= 0.6 is 23.2 Å². The predicted molar refractivity (Wildman–Crippen MR) is 96.5 cm³/mol. The molecular formula is C18H15Cl2FN2O2. The van der Waals surface area contributed by atoms with Gasteiger partial charge in [-0.15, -0.1) is 0 Å². The molecule has 2 unspecified atom stereocenters. The van der Waals surface area contributed by atoms with Gasteiger partial charge in [-0.3, -0.25) is 9.59 Å². The number of hydrogen-bond donors (Lipinski definition) is 2. The van der Waals surface area contributed by atoms with Crippen LogP contribution in [0.3, 0.4) is 0 Å². The minimum atomic E-state index is -0.554. The zero-order valence-electron chi connectivity index (χ0n) is 13.3. The van der Waals surface area contributed by atoms with Gasteiger partial charge in [-0.25, -0.2) is 4.39 Å². The Morgan fingerprint density at radius 1 is 1.04 bits per heavy atom. The van der Waals surface area contributed by atoms with Crippen molar-refractivity contribution in [3.63, 3.8) is 0 Å². The minimum Gasteiger partial charge on any atom is -0.326 e. The number of anilines is 2. The van der Waals surface area contributed by atoms with Crippen LogP contribution in [0, 0.1) is 24.6 Å². The lowest BCUT2D eigenvalue weighted by molar-refractivity contribution is -0.122. The van der Waals surface area contributed by atoms with Crippen LogP contribution in [-0.2, 0) is 9.59 Å². The molecule has 1 aliphatic carbocycles. The zero-order chi connectivity index (χ0) is 18.1. The van der Waals surface area contributed by atoms with E-state index in [-0.39, 0.29) is 22.8 Å². The minimum absolute atomic E-state index is 0.0684. The van der Waals surface area contributed by atoms with Gasteiger partial charge in [0.1, 0.15) is 5.82 Å². The molecule has 2 aromatic rings. The number of carbonyl (C=O) groups excluding carboxylic acids is 2. The van der Waals surface area contributed by atoms with Crippen LogP contribution in [0.4, 0.5) is 15.8 Å². The summed E-state index contributed by atoms with van der Waals surface area (Å²) < 4.78 is 13.1. The Labute approximate surface area is 154 Å². The lowest BCUT2D eigenvalue weighted by Gasteiger charge is -2.09. The molecule has 0 bridgehead atoms. The van der Waals surface area contributed by atoms with Crippen molar-refractivity contribution in [3.05, 3.63) is 57.8 Å². The Balaban J connectivity index is 1.58. The number of benzene rings is 2. The highest BCUT2D eigenvalue weighted by molar-refractivity contribution is 6.31. The molecule has 0 radical (unpaired) electrons. The first kappa shape index (κ1) is 17.7. The second-order valence-electron chi connectivity index (χ2n) is 6.02. The van der Waals surface area contributed by atoms with Gasteiger partial charge in [-0.2, -0.15) is 0 Å². The van der Waals surface area contributed by atoms with E-state index in [0.29, 0.717) is 22.8 Å². The molecule has 1 aliphatic rings. The molecule has 2 N–H and O–H groups in total. The van der Waals surface area contributed by atoms with Gasteiger partial charge in [0.2, 0.25) is 11.8 Å². The first-order valence-electron chi connectivity index (χ1n) is 7.68. The zero-order valence-corrected chi connectivity index (χ0v) is 14.8. The fourth-order valence-corrected chi connectivity index (χ4v) is 2.98. The molecule has 3 rings (SSSR count). The summed E-state index contributed by atoms with van der Waals surface area (Å²) in [6, 6.07) is 9.12. The van der Waals surface area contributed by atoms with Crippen molar-refractivity contribution in [2.45, 2.75) is 13.3 Å². The lowest BCUT2D eigenvalue weighted by Crippen LogP contribution is -2.20. The van der Waals surface area contributed by atoms with E-state index < -0.39 is 11.7 Å². The molecule has 0 saturated heterocycles. The van der Waals surface area contributed by atoms with Gasteiger partial charge >= 0.3 is 0 Å². The van der Waals surface area contributed by atoms with Crippen LogP contribution < -0.4 is 10.6 Å². The summed E-state index contributed by atoms with van der Waals surface area (Å²) in [7, 11) is 0. The van der Waals surface area contributed by atoms with Crippen molar-refractivity contribution in [1.29, 1.82) is 0 Å². The van der Waals surface area contributed by atoms with Gasteiger partial charge in [-0.1, -0.05) is 23.2 Å². The maximum atomic E-state index is 13.1. The number of carbonyl (C=O) groups is 2. The first-order valence-corrected chi connectivity index (χ1v) is 8.43. The van der Waals surface area contributed by atoms with Gasteiger partial charge in [0.25, 0.3) is 0 Å². The highest BCUT2D eigenvalue weighted by Gasteiger charge is 2.48. The molecule has 7 heteroatoms. The third-order valence-electron chi connectivity index (χ3n) is 4.10. The molecule has 1 fully saturated rings. The molecule has 2 amide bonds. The lowest BCUT2D eigenvalue weighted by atomic mass is 10.2. The van der Waals surface area contributed by atoms with Gasteiger partial charge in [0.15, 0.2) is 0 Å². The number of hydrogen-bond acceptors (Lipinski definition) is 2. The SMILES string of the molecule is Cc1cc(Cl)ccc1NC(=O)C1CC1C(=O)Nc1ccc(F)c(Cl)c1. The molecular weight excluding hydrogens is 366 g/mol. The molecule has 0 aliphatic heterocycles. The molecule has 2 aromatic carbocycles. The van der Waals surface area contributed by atoms with Crippen LogP contribution in [0.15, 0.2) is 36.4 Å². The number of aryl methyl sites for hydroxylation is 1. The Morgan fingerprint density at radius 3 is 2.36 bits per heavy atom. The van der Waals surface area contributed by atoms with E-state index in [1.807, 2.05) is 6.92 Å². The molecule has 25 heavy (non-hydrogen) atoms. The van der Waals surface area contributed by atoms with Crippen LogP contribution in [0.5, 0.6) is 0 Å². The van der Waals surface area contributed by atoms with Gasteiger partial charge in [-0.05, 0) is 55.3 Å². The number of halogens is 3. The summed E-state index contributed by atoms with van der Waals surface area (Å²) in [5.74, 6) is -1.83. The predicted octanol–water partition coefficient (Wildman–Crippen LogP) is 4.65. The molecule has 0 aromatic heterocycles. The van der Waals surface area contributed by atoms with E-state index >= 15 is 0 Å². The molecule has 4 nitrogen and oxygen atoms in total. The second kappa shape index (κ2) is 7.02. The molecule has 1 saturated carbocycles. The largest absolute Gasteiger partial charge is 0.326 e. The summed E-state index contributed by atoms with van der Waals surface area (Å²) in [6.45, 7) is 1.84. The number of amides is 2. The molecule has 0 heterocycles. The summed E-state index contributed by atoms with van der Waals surface area (Å²) in [6.07, 6.45) is 0.471. The van der Waals surface area contributed by atoms with E-state index in [0.717, 1.165) is 5.56 Å². The highest BCUT2D eigenvalue weighted by Crippen LogP contribution is 2.40. The van der Waals surface area contributed by atoms with E-state index in [1.165, 1.54) is 18.2 Å². The van der Waals surface area contributed by atoms with Crippen LogP contribution in [0.25, 0.3) is 0 Å². The van der Waals surface area contributed by atoms with Crippen LogP contribution in [0.1, 0.15) is 12.0 Å². The third-order valence-corrected chi connectivity index (χ3v) is 4.62. The Hall–Kier alpha value is -2.11. The second-order valence-corrected chi connectivity index (χ2v) is 6.86. The Kier molecular flexibility index (Phi) is 4.97. The fraction of sp³-hybridized carbons (Fsp3) is 0.222. The van der Waals surface area contributed by atoms with Crippen molar-refractivity contribution < 1.29 is 14.0 Å². The van der Waals surface area contributed by atoms with Gasteiger partial charge in [0.05, 0.1) is 16.9 Å². The third kappa shape index (κ3) is 4.11. The van der Waals surface area contributed by atoms with Crippen molar-refractivity contribution in [2.24, 2.45) is 11.8 Å². The number of rotatable bonds is 4. The number of nitrogens with one attached hydrogen (secondary N) is 2. The van der Waals surface area contributed by atoms with Crippen molar-refractivity contribution >= 4 is 46.4 Å². The van der Waals surface area contributed by atoms with E-state index in [4.69, 9.17) is 23.2 Å². The normalized spacial score (nSPS) is 18.6. The van der Waals surface area contributed by atoms with Crippen LogP contribution in [-0.4, -0.2) is 11.8 Å². The highest BCUT2D eigenvalue weighted by atomic mass is 35.5. The molecule has 2 atom stereocenters. The van der Waals surface area contributed by atoms with E-state index in [2.05, 4.69) is 10.6 Å². The van der Waals surface area contributed by atoms with Crippen LogP contribution in [0.2, 0.25) is 10.0 Å². The average molecular weight is 381 g/mol. The quantitative estimate of drug-likeness (QED) is 0.810. The molecule has 130 valence electrons.